The van der Waals surface area contributed by atoms with E-state index in [1.54, 1.807) is 24.5 Å². The molecule has 10 heteroatoms. The predicted octanol–water partition coefficient (Wildman–Crippen LogP) is 12.5. The Hall–Kier alpha value is -4.64. The minimum atomic E-state index is -0.137. The molecule has 0 radical (unpaired) electrons. The Morgan fingerprint density at radius 3 is 1.22 bits per heavy atom. The quantitative estimate of drug-likeness (QED) is 0.133. The Balaban J connectivity index is 0.00000302. The van der Waals surface area contributed by atoms with Crippen LogP contribution in [0.5, 0.6) is 23.0 Å². The molecule has 2 aliphatic heterocycles. The third-order valence-electron chi connectivity index (χ3n) is 10.3. The van der Waals surface area contributed by atoms with Gasteiger partial charge in [0.1, 0.15) is 0 Å². The van der Waals surface area contributed by atoms with Gasteiger partial charge in [-0.05, 0) is 87.3 Å². The molecular weight excluding hydrogens is 1110 g/mol. The van der Waals surface area contributed by atoms with Crippen LogP contribution in [-0.2, 0) is 53.0 Å². The van der Waals surface area contributed by atoms with Gasteiger partial charge in [0.2, 0.25) is 0 Å². The summed E-state index contributed by atoms with van der Waals surface area (Å²) in [5.74, 6) is 2.14. The number of aromatic nitrogens is 2. The van der Waals surface area contributed by atoms with Crippen LogP contribution in [0.3, 0.4) is 0 Å². The van der Waals surface area contributed by atoms with Crippen molar-refractivity contribution in [3.63, 3.8) is 0 Å². The minimum Gasteiger partial charge on any atom is -0.510 e. The molecule has 6 aromatic rings. The molecule has 0 fully saturated rings. The van der Waals surface area contributed by atoms with Crippen molar-refractivity contribution in [3.05, 3.63) is 146 Å². The van der Waals surface area contributed by atoms with Crippen molar-refractivity contribution in [2.75, 3.05) is 19.6 Å². The molecule has 0 amide bonds. The second-order valence-electron chi connectivity index (χ2n) is 17.5. The van der Waals surface area contributed by atoms with E-state index in [0.717, 1.165) is 45.3 Å². The zero-order valence-corrected chi connectivity index (χ0v) is 40.2. The van der Waals surface area contributed by atoms with Crippen molar-refractivity contribution in [1.82, 2.24) is 9.97 Å². The number of anilines is 6. The van der Waals surface area contributed by atoms with Crippen molar-refractivity contribution in [2.45, 2.75) is 92.2 Å². The first kappa shape index (κ1) is 44.9. The van der Waals surface area contributed by atoms with Crippen molar-refractivity contribution >= 4 is 34.1 Å². The molecule has 2 aromatic heterocycles. The van der Waals surface area contributed by atoms with Gasteiger partial charge in [0, 0.05) is 87.9 Å². The van der Waals surface area contributed by atoms with E-state index in [-0.39, 0.29) is 53.0 Å². The summed E-state index contributed by atoms with van der Waals surface area (Å²) in [5, 5.41) is 0. The average molecular weight is 1160 g/mol. The molecule has 60 heavy (non-hydrogen) atoms. The molecule has 8 rings (SSSR count). The van der Waals surface area contributed by atoms with Gasteiger partial charge >= 0.3 is 0 Å². The van der Waals surface area contributed by atoms with Crippen LogP contribution in [0, 0.1) is 37.6 Å². The topological polar surface area (TPSA) is 57.2 Å². The van der Waals surface area contributed by atoms with E-state index in [2.05, 4.69) is 197 Å². The molecule has 2 aliphatic rings. The standard InChI is InChI=1S/C50H50N6O2.2Pt/c1-33(2)53-31-55(47-17-13-11-15-45(47)53)37-23-35(49(5,6)7)25-41(27-37)57-39-19-21-51-43(29-39)44-30-40(20-22-52-44)58-42-26-36(50(8,9)10)24-38(28-42)56-32-54(34(3)4)46-16-12-14-18-48(46)56;;/h11-26,31-34H,1-10H3;;/q-6;;. The fraction of sp³-hybridized carbons (Fsp3) is 0.280. The molecule has 0 N–H and O–H groups in total. The summed E-state index contributed by atoms with van der Waals surface area (Å²) in [6.45, 7) is 26.3. The van der Waals surface area contributed by atoms with Crippen LogP contribution >= 0.6 is 0 Å². The van der Waals surface area contributed by atoms with Crippen molar-refractivity contribution in [2.24, 2.45) is 0 Å². The van der Waals surface area contributed by atoms with Gasteiger partial charge in [-0.2, -0.15) is 25.5 Å². The Morgan fingerprint density at radius 1 is 0.500 bits per heavy atom. The van der Waals surface area contributed by atoms with Crippen LogP contribution in [-0.4, -0.2) is 22.1 Å². The Labute approximate surface area is 385 Å². The van der Waals surface area contributed by atoms with E-state index < -0.39 is 0 Å². The molecule has 0 saturated carbocycles. The second kappa shape index (κ2) is 17.8. The van der Waals surface area contributed by atoms with Gasteiger partial charge in [0.15, 0.2) is 0 Å². The normalized spacial score (nSPS) is 13.6. The summed E-state index contributed by atoms with van der Waals surface area (Å²) in [6.07, 6.45) is 3.39. The van der Waals surface area contributed by atoms with Gasteiger partial charge in [0.25, 0.3) is 0 Å². The first-order valence-electron chi connectivity index (χ1n) is 19.9. The summed E-state index contributed by atoms with van der Waals surface area (Å²) in [5.41, 5.74) is 9.24. The summed E-state index contributed by atoms with van der Waals surface area (Å²) in [7, 11) is 0. The van der Waals surface area contributed by atoms with E-state index in [9.17, 15) is 0 Å². The largest absolute Gasteiger partial charge is 0.510 e. The molecule has 8 nitrogen and oxygen atoms in total. The SMILES string of the molecule is CC(C)N1[CH-]N(c2[c-]c(Oc3[c-]c(-c4[c-]c(Oc5[c-]c(N6[CH-]N(C(C)C)c7ccccc76)cc(C(C)(C)C)c5)ccn4)ncc3)cc(C(C)(C)C)c2)c2ccccc21.[Pt].[Pt]. The van der Waals surface area contributed by atoms with Crippen molar-refractivity contribution in [1.29, 1.82) is 0 Å². The number of rotatable bonds is 9. The molecule has 0 saturated heterocycles. The third-order valence-corrected chi connectivity index (χ3v) is 10.3. The van der Waals surface area contributed by atoms with E-state index in [0.29, 0.717) is 46.5 Å². The van der Waals surface area contributed by atoms with Gasteiger partial charge in [-0.25, -0.2) is 0 Å². The summed E-state index contributed by atoms with van der Waals surface area (Å²) in [4.78, 5) is 18.1. The second-order valence-corrected chi connectivity index (χ2v) is 17.5. The summed E-state index contributed by atoms with van der Waals surface area (Å²) < 4.78 is 13.0. The molecule has 4 heterocycles. The fourth-order valence-corrected chi connectivity index (χ4v) is 7.11. The first-order valence-corrected chi connectivity index (χ1v) is 19.9. The Morgan fingerprint density at radius 2 is 0.867 bits per heavy atom. The maximum Gasteiger partial charge on any atom is 0.0326 e. The number of fused-ring (bicyclic) bond motifs is 2. The molecule has 0 aliphatic carbocycles. The van der Waals surface area contributed by atoms with Crippen LogP contribution in [0.1, 0.15) is 80.4 Å². The van der Waals surface area contributed by atoms with Gasteiger partial charge in [-0.15, -0.1) is 82.4 Å². The molecule has 0 spiro atoms. The third kappa shape index (κ3) is 9.31. The zero-order valence-electron chi connectivity index (χ0n) is 35.7. The number of para-hydroxylation sites is 4. The number of hydrogen-bond acceptors (Lipinski definition) is 8. The van der Waals surface area contributed by atoms with Gasteiger partial charge in [-0.3, -0.25) is 0 Å². The fourth-order valence-electron chi connectivity index (χ4n) is 7.11. The number of pyridine rings is 2. The van der Waals surface area contributed by atoms with Gasteiger partial charge in [0.05, 0.1) is 0 Å². The van der Waals surface area contributed by atoms with Crippen LogP contribution in [0.2, 0.25) is 0 Å². The number of benzene rings is 4. The Kier molecular flexibility index (Phi) is 13.3. The number of hydrogen-bond donors (Lipinski definition) is 0. The zero-order chi connectivity index (χ0) is 40.9. The first-order chi connectivity index (χ1) is 27.6. The smallest absolute Gasteiger partial charge is 0.0326 e. The molecule has 0 bridgehead atoms. The van der Waals surface area contributed by atoms with E-state index in [1.165, 1.54) is 0 Å². The summed E-state index contributed by atoms with van der Waals surface area (Å²) in [6, 6.07) is 43.3. The average Bonchev–Trinajstić information content (AvgIpc) is 3.78. The van der Waals surface area contributed by atoms with Crippen LogP contribution in [0.25, 0.3) is 11.4 Å². The molecule has 4 aromatic carbocycles. The molecular formula is C50H50N6O2Pt2-6. The van der Waals surface area contributed by atoms with Crippen molar-refractivity contribution < 1.29 is 51.6 Å². The van der Waals surface area contributed by atoms with Crippen LogP contribution in [0.15, 0.2) is 97.3 Å². The van der Waals surface area contributed by atoms with Crippen molar-refractivity contribution in [3.8, 4) is 34.4 Å². The minimum absolute atomic E-state index is 0. The monoisotopic (exact) mass is 1160 g/mol. The number of nitrogens with zero attached hydrogens (tertiary/aromatic N) is 6. The summed E-state index contributed by atoms with van der Waals surface area (Å²) >= 11 is 0. The molecule has 0 atom stereocenters. The van der Waals surface area contributed by atoms with Gasteiger partial charge in [-0.1, -0.05) is 65.8 Å². The molecule has 318 valence electrons. The van der Waals surface area contributed by atoms with Gasteiger partial charge < -0.3 is 39.0 Å². The van der Waals surface area contributed by atoms with Crippen LogP contribution in [0.4, 0.5) is 34.1 Å². The Bertz CT molecular complexity index is 2290. The van der Waals surface area contributed by atoms with Crippen LogP contribution < -0.4 is 29.1 Å². The van der Waals surface area contributed by atoms with E-state index in [1.807, 2.05) is 12.1 Å². The molecule has 0 unspecified atom stereocenters. The van der Waals surface area contributed by atoms with E-state index >= 15 is 0 Å². The predicted molar refractivity (Wildman–Crippen MR) is 234 cm³/mol. The maximum absolute atomic E-state index is 6.52. The number of ether oxygens (including phenoxy) is 2. The maximum atomic E-state index is 6.52. The van der Waals surface area contributed by atoms with E-state index in [4.69, 9.17) is 9.47 Å².